The number of likely N-dealkylation sites (tertiary alicyclic amines) is 1. The maximum absolute atomic E-state index is 14.7. The molecule has 2 aliphatic rings. The predicted octanol–water partition coefficient (Wildman–Crippen LogP) is 2.98. The van der Waals surface area contributed by atoms with Gasteiger partial charge in [0.2, 0.25) is 5.91 Å². The van der Waals surface area contributed by atoms with Gasteiger partial charge in [-0.05, 0) is 36.2 Å². The summed E-state index contributed by atoms with van der Waals surface area (Å²) < 4.78 is 16.3. The molecule has 5 rings (SSSR count). The molecule has 36 heavy (non-hydrogen) atoms. The Balaban J connectivity index is 1.63. The molecule has 0 bridgehead atoms. The normalized spacial score (nSPS) is 22.2. The molecule has 0 radical (unpaired) electrons. The summed E-state index contributed by atoms with van der Waals surface area (Å²) in [5, 5.41) is 13.2. The van der Waals surface area contributed by atoms with E-state index in [4.69, 9.17) is 0 Å². The summed E-state index contributed by atoms with van der Waals surface area (Å²) in [5.74, 6) is -2.69. The van der Waals surface area contributed by atoms with Gasteiger partial charge in [0, 0.05) is 42.8 Å². The van der Waals surface area contributed by atoms with Gasteiger partial charge < -0.3 is 19.9 Å². The van der Waals surface area contributed by atoms with Crippen molar-refractivity contribution in [1.82, 2.24) is 14.8 Å². The van der Waals surface area contributed by atoms with Crippen LogP contribution >= 0.6 is 0 Å². The Labute approximate surface area is 208 Å². The maximum atomic E-state index is 14.7. The number of hydrogen-bond acceptors (Lipinski definition) is 4. The van der Waals surface area contributed by atoms with Crippen LogP contribution in [0.5, 0.6) is 0 Å². The van der Waals surface area contributed by atoms with Crippen LogP contribution in [0.2, 0.25) is 0 Å². The number of carbonyl (C=O) groups excluding carboxylic acids is 2. The molecule has 0 aliphatic carbocycles. The summed E-state index contributed by atoms with van der Waals surface area (Å²) >= 11 is 0. The average Bonchev–Trinajstić information content (AvgIpc) is 3.43. The Morgan fingerprint density at radius 2 is 1.78 bits per heavy atom. The van der Waals surface area contributed by atoms with Gasteiger partial charge in [0.15, 0.2) is 0 Å². The highest BCUT2D eigenvalue weighted by molar-refractivity contribution is 5.98. The van der Waals surface area contributed by atoms with Gasteiger partial charge in [0.25, 0.3) is 11.5 Å². The van der Waals surface area contributed by atoms with Crippen LogP contribution in [0, 0.1) is 17.7 Å². The molecule has 3 heterocycles. The molecule has 1 saturated heterocycles. The molecule has 4 atom stereocenters. The van der Waals surface area contributed by atoms with E-state index in [2.05, 4.69) is 5.32 Å². The van der Waals surface area contributed by atoms with Crippen LogP contribution in [-0.4, -0.2) is 45.6 Å². The van der Waals surface area contributed by atoms with Gasteiger partial charge in [0.05, 0.1) is 11.6 Å². The molecular formula is C28H28FN3O4. The van der Waals surface area contributed by atoms with E-state index in [0.717, 1.165) is 5.56 Å². The first-order valence-corrected chi connectivity index (χ1v) is 12.2. The first-order valence-electron chi connectivity index (χ1n) is 12.2. The molecule has 0 saturated carbocycles. The van der Waals surface area contributed by atoms with Crippen LogP contribution < -0.4 is 10.9 Å². The molecule has 1 aromatic heterocycles. The fraction of sp³-hybridized carbons (Fsp3) is 0.321. The summed E-state index contributed by atoms with van der Waals surface area (Å²) in [7, 11) is 0. The van der Waals surface area contributed by atoms with Crippen molar-refractivity contribution in [1.29, 1.82) is 0 Å². The van der Waals surface area contributed by atoms with E-state index in [1.807, 2.05) is 37.3 Å². The van der Waals surface area contributed by atoms with Crippen molar-refractivity contribution in [2.24, 2.45) is 11.8 Å². The van der Waals surface area contributed by atoms with Gasteiger partial charge in [-0.15, -0.1) is 0 Å². The second-order valence-corrected chi connectivity index (χ2v) is 9.34. The zero-order valence-corrected chi connectivity index (χ0v) is 19.9. The minimum Gasteiger partial charge on any atom is -0.396 e. The summed E-state index contributed by atoms with van der Waals surface area (Å²) in [6.07, 6.45) is 0.705. The van der Waals surface area contributed by atoms with Crippen molar-refractivity contribution >= 4 is 11.8 Å². The first-order chi connectivity index (χ1) is 17.5. The van der Waals surface area contributed by atoms with Crippen LogP contribution in [-0.2, 0) is 11.3 Å². The van der Waals surface area contributed by atoms with E-state index in [9.17, 15) is 23.9 Å². The quantitative estimate of drug-likeness (QED) is 0.557. The van der Waals surface area contributed by atoms with E-state index in [-0.39, 0.29) is 36.1 Å². The van der Waals surface area contributed by atoms with E-state index < -0.39 is 29.7 Å². The smallest absolute Gasteiger partial charge is 0.258 e. The first kappa shape index (κ1) is 23.9. The number of carbonyl (C=O) groups is 2. The highest BCUT2D eigenvalue weighted by Crippen LogP contribution is 2.50. The number of pyridine rings is 1. The number of nitrogens with one attached hydrogen (secondary N) is 1. The van der Waals surface area contributed by atoms with Gasteiger partial charge >= 0.3 is 0 Å². The van der Waals surface area contributed by atoms with Crippen molar-refractivity contribution in [2.45, 2.75) is 32.0 Å². The number of halogens is 1. The molecule has 3 aromatic rings. The molecule has 8 heteroatoms. The topological polar surface area (TPSA) is 91.6 Å². The van der Waals surface area contributed by atoms with Gasteiger partial charge in [-0.25, -0.2) is 4.39 Å². The number of benzene rings is 2. The molecule has 0 unspecified atom stereocenters. The lowest BCUT2D eigenvalue weighted by Gasteiger charge is -2.31. The molecular weight excluding hydrogens is 461 g/mol. The Morgan fingerprint density at radius 3 is 2.47 bits per heavy atom. The SMILES string of the molecule is CCCNC(=O)[C@H]1[C@H](CO)[C@H]2Cn3c(ccc(-c4ccccc4)c3=O)[C@H]2N1C(=O)c1ccccc1F. The van der Waals surface area contributed by atoms with E-state index in [1.54, 1.807) is 22.8 Å². The lowest BCUT2D eigenvalue weighted by atomic mass is 9.88. The minimum atomic E-state index is -0.985. The fourth-order valence-corrected chi connectivity index (χ4v) is 5.67. The monoisotopic (exact) mass is 489 g/mol. The molecule has 2 aromatic carbocycles. The molecule has 7 nitrogen and oxygen atoms in total. The second kappa shape index (κ2) is 9.70. The largest absolute Gasteiger partial charge is 0.396 e. The molecule has 2 aliphatic heterocycles. The van der Waals surface area contributed by atoms with Crippen LogP contribution in [0.1, 0.15) is 35.4 Å². The molecule has 186 valence electrons. The standard InChI is InChI=1S/C28H28FN3O4/c1-2-14-30-26(34)25-21(16-33)20-15-31-23(13-12-18(27(31)35)17-8-4-3-5-9-17)24(20)32(25)28(36)19-10-6-7-11-22(19)29/h3-13,20-21,24-25,33H,2,14-16H2,1H3,(H,30,34)/t20-,21-,24+,25-/m1/s1. The van der Waals surface area contributed by atoms with Gasteiger partial charge in [-0.1, -0.05) is 49.4 Å². The lowest BCUT2D eigenvalue weighted by Crippen LogP contribution is -2.50. The number of amides is 2. The molecule has 0 spiro atoms. The van der Waals surface area contributed by atoms with Gasteiger partial charge in [0.1, 0.15) is 11.9 Å². The zero-order valence-electron chi connectivity index (χ0n) is 19.9. The number of rotatable bonds is 6. The Morgan fingerprint density at radius 1 is 1.06 bits per heavy atom. The molecule has 1 fully saturated rings. The summed E-state index contributed by atoms with van der Waals surface area (Å²) in [5.41, 5.74) is 1.55. The third kappa shape index (κ3) is 3.82. The number of nitrogens with zero attached hydrogens (tertiary/aromatic N) is 2. The number of hydrogen-bond donors (Lipinski definition) is 2. The Kier molecular flexibility index (Phi) is 6.45. The third-order valence-electron chi connectivity index (χ3n) is 7.32. The second-order valence-electron chi connectivity index (χ2n) is 9.34. The van der Waals surface area contributed by atoms with Crippen LogP contribution in [0.25, 0.3) is 11.1 Å². The summed E-state index contributed by atoms with van der Waals surface area (Å²) in [6, 6.07) is 16.9. The maximum Gasteiger partial charge on any atom is 0.258 e. The number of fused-ring (bicyclic) bond motifs is 3. The van der Waals surface area contributed by atoms with Gasteiger partial charge in [-0.2, -0.15) is 0 Å². The Bertz CT molecular complexity index is 1360. The minimum absolute atomic E-state index is 0.148. The van der Waals surface area contributed by atoms with Crippen molar-refractivity contribution < 1.29 is 19.1 Å². The number of aromatic nitrogens is 1. The van der Waals surface area contributed by atoms with Gasteiger partial charge in [-0.3, -0.25) is 14.4 Å². The van der Waals surface area contributed by atoms with Crippen molar-refractivity contribution in [2.75, 3.05) is 13.2 Å². The van der Waals surface area contributed by atoms with Crippen LogP contribution in [0.4, 0.5) is 4.39 Å². The lowest BCUT2D eigenvalue weighted by molar-refractivity contribution is -0.126. The number of aliphatic hydroxyl groups is 1. The molecule has 2 amide bonds. The zero-order chi connectivity index (χ0) is 25.4. The Hall–Kier alpha value is -3.78. The third-order valence-corrected chi connectivity index (χ3v) is 7.32. The molecule has 2 N–H and O–H groups in total. The average molecular weight is 490 g/mol. The highest BCUT2D eigenvalue weighted by atomic mass is 19.1. The van der Waals surface area contributed by atoms with E-state index in [0.29, 0.717) is 24.2 Å². The van der Waals surface area contributed by atoms with Crippen molar-refractivity contribution in [3.8, 4) is 11.1 Å². The van der Waals surface area contributed by atoms with Crippen molar-refractivity contribution in [3.05, 3.63) is 94.2 Å². The van der Waals surface area contributed by atoms with Crippen molar-refractivity contribution in [3.63, 3.8) is 0 Å². The van der Waals surface area contributed by atoms with E-state index >= 15 is 0 Å². The van der Waals surface area contributed by atoms with Crippen LogP contribution in [0.3, 0.4) is 0 Å². The number of aliphatic hydroxyl groups excluding tert-OH is 1. The van der Waals surface area contributed by atoms with E-state index in [1.165, 1.54) is 23.1 Å². The van der Waals surface area contributed by atoms with Crippen LogP contribution in [0.15, 0.2) is 71.5 Å². The summed E-state index contributed by atoms with van der Waals surface area (Å²) in [4.78, 5) is 41.9. The predicted molar refractivity (Wildman–Crippen MR) is 133 cm³/mol. The fourth-order valence-electron chi connectivity index (χ4n) is 5.67. The highest BCUT2D eigenvalue weighted by Gasteiger charge is 2.57. The summed E-state index contributed by atoms with van der Waals surface area (Å²) in [6.45, 7) is 2.24.